The van der Waals surface area contributed by atoms with Gasteiger partial charge in [0.15, 0.2) is 0 Å². The third-order valence-corrected chi connectivity index (χ3v) is 2.68. The molecule has 0 bridgehead atoms. The summed E-state index contributed by atoms with van der Waals surface area (Å²) in [6, 6.07) is 8.04. The lowest BCUT2D eigenvalue weighted by atomic mass is 10.0. The fourth-order valence-electron chi connectivity index (χ4n) is 1.79. The summed E-state index contributed by atoms with van der Waals surface area (Å²) >= 11 is 0. The molecule has 88 valence electrons. The molecule has 0 saturated carbocycles. The van der Waals surface area contributed by atoms with Crippen LogP contribution in [0.15, 0.2) is 35.1 Å². The van der Waals surface area contributed by atoms with E-state index in [1.54, 1.807) is 24.3 Å². The van der Waals surface area contributed by atoms with E-state index in [0.717, 1.165) is 5.56 Å². The van der Waals surface area contributed by atoms with Gasteiger partial charge in [-0.15, -0.1) is 0 Å². The standard InChI is InChI=1S/C13H13FN2O/c1-8-6-9(7-15)13(17)16-12(8)10-4-2-3-5-11(10)14/h2-6H,7,15H2,1H3,(H,16,17). The SMILES string of the molecule is Cc1cc(CN)c(=O)[nH]c1-c1ccccc1F. The van der Waals surface area contributed by atoms with Crippen molar-refractivity contribution in [2.45, 2.75) is 13.5 Å². The van der Waals surface area contributed by atoms with E-state index in [1.165, 1.54) is 6.07 Å². The van der Waals surface area contributed by atoms with Gasteiger partial charge in [0.05, 0.1) is 5.69 Å². The Bertz CT molecular complexity index is 605. The molecule has 17 heavy (non-hydrogen) atoms. The molecule has 0 aliphatic heterocycles. The summed E-state index contributed by atoms with van der Waals surface area (Å²) in [5, 5.41) is 0. The number of halogens is 1. The highest BCUT2D eigenvalue weighted by atomic mass is 19.1. The number of aryl methyl sites for hydroxylation is 1. The molecule has 0 amide bonds. The Morgan fingerprint density at radius 2 is 2.06 bits per heavy atom. The number of rotatable bonds is 2. The van der Waals surface area contributed by atoms with E-state index in [1.807, 2.05) is 6.92 Å². The second-order valence-corrected chi connectivity index (χ2v) is 3.87. The normalized spacial score (nSPS) is 10.5. The number of H-pyrrole nitrogens is 1. The average Bonchev–Trinajstić information content (AvgIpc) is 2.32. The summed E-state index contributed by atoms with van der Waals surface area (Å²) in [5.41, 5.74) is 7.38. The Morgan fingerprint density at radius 1 is 1.35 bits per heavy atom. The lowest BCUT2D eigenvalue weighted by molar-refractivity contribution is 0.630. The Morgan fingerprint density at radius 3 is 2.71 bits per heavy atom. The Hall–Kier alpha value is -1.94. The maximum Gasteiger partial charge on any atom is 0.252 e. The van der Waals surface area contributed by atoms with Crippen molar-refractivity contribution in [3.05, 3.63) is 57.6 Å². The minimum absolute atomic E-state index is 0.174. The maximum absolute atomic E-state index is 13.6. The molecule has 0 atom stereocenters. The van der Waals surface area contributed by atoms with Gasteiger partial charge in [-0.05, 0) is 30.7 Å². The molecule has 0 spiro atoms. The zero-order chi connectivity index (χ0) is 12.4. The molecule has 2 rings (SSSR count). The van der Waals surface area contributed by atoms with E-state index in [9.17, 15) is 9.18 Å². The highest BCUT2D eigenvalue weighted by Gasteiger charge is 2.09. The number of nitrogens with two attached hydrogens (primary N) is 1. The van der Waals surface area contributed by atoms with E-state index in [2.05, 4.69) is 4.98 Å². The number of aromatic nitrogens is 1. The summed E-state index contributed by atoms with van der Waals surface area (Å²) < 4.78 is 13.6. The molecule has 3 N–H and O–H groups in total. The monoisotopic (exact) mass is 232 g/mol. The quantitative estimate of drug-likeness (QED) is 0.831. The van der Waals surface area contributed by atoms with Gasteiger partial charge >= 0.3 is 0 Å². The van der Waals surface area contributed by atoms with Gasteiger partial charge in [0.1, 0.15) is 5.82 Å². The first kappa shape index (κ1) is 11.5. The van der Waals surface area contributed by atoms with Crippen molar-refractivity contribution in [1.82, 2.24) is 4.98 Å². The summed E-state index contributed by atoms with van der Waals surface area (Å²) in [5.74, 6) is -0.355. The first-order chi connectivity index (χ1) is 8.13. The molecular formula is C13H13FN2O. The third-order valence-electron chi connectivity index (χ3n) is 2.68. The first-order valence-electron chi connectivity index (χ1n) is 5.31. The van der Waals surface area contributed by atoms with Gasteiger partial charge in [0.2, 0.25) is 0 Å². The fraction of sp³-hybridized carbons (Fsp3) is 0.154. The molecule has 0 unspecified atom stereocenters. The topological polar surface area (TPSA) is 58.9 Å². The van der Waals surface area contributed by atoms with Crippen LogP contribution >= 0.6 is 0 Å². The van der Waals surface area contributed by atoms with Gasteiger partial charge in [0, 0.05) is 17.7 Å². The number of hydrogen-bond donors (Lipinski definition) is 2. The van der Waals surface area contributed by atoms with Gasteiger partial charge < -0.3 is 10.7 Å². The van der Waals surface area contributed by atoms with Crippen molar-refractivity contribution in [2.24, 2.45) is 5.73 Å². The molecule has 1 heterocycles. The van der Waals surface area contributed by atoms with Crippen LogP contribution in [-0.2, 0) is 6.54 Å². The van der Waals surface area contributed by atoms with Crippen LogP contribution in [0, 0.1) is 12.7 Å². The molecule has 0 aliphatic rings. The summed E-state index contributed by atoms with van der Waals surface area (Å²) in [7, 11) is 0. The second kappa shape index (κ2) is 4.51. The van der Waals surface area contributed by atoms with Crippen LogP contribution in [0.25, 0.3) is 11.3 Å². The minimum atomic E-state index is -0.355. The molecule has 4 heteroatoms. The second-order valence-electron chi connectivity index (χ2n) is 3.87. The highest BCUT2D eigenvalue weighted by Crippen LogP contribution is 2.22. The zero-order valence-electron chi connectivity index (χ0n) is 9.46. The largest absolute Gasteiger partial charge is 0.326 e. The van der Waals surface area contributed by atoms with Crippen molar-refractivity contribution in [3.63, 3.8) is 0 Å². The molecule has 0 saturated heterocycles. The molecule has 0 radical (unpaired) electrons. The fourth-order valence-corrected chi connectivity index (χ4v) is 1.79. The van der Waals surface area contributed by atoms with Crippen molar-refractivity contribution in [3.8, 4) is 11.3 Å². The van der Waals surface area contributed by atoms with Gasteiger partial charge in [-0.1, -0.05) is 12.1 Å². The predicted molar refractivity (Wildman–Crippen MR) is 65.1 cm³/mol. The zero-order valence-corrected chi connectivity index (χ0v) is 9.46. The van der Waals surface area contributed by atoms with E-state index in [4.69, 9.17) is 5.73 Å². The lowest BCUT2D eigenvalue weighted by Gasteiger charge is -2.08. The van der Waals surface area contributed by atoms with Crippen LogP contribution in [-0.4, -0.2) is 4.98 Å². The Kier molecular flexibility index (Phi) is 3.06. The number of pyridine rings is 1. The molecule has 2 aromatic rings. The number of nitrogens with one attached hydrogen (secondary N) is 1. The summed E-state index contributed by atoms with van der Waals surface area (Å²) in [4.78, 5) is 14.3. The molecule has 1 aromatic carbocycles. The van der Waals surface area contributed by atoms with Crippen molar-refractivity contribution < 1.29 is 4.39 Å². The lowest BCUT2D eigenvalue weighted by Crippen LogP contribution is -2.17. The predicted octanol–water partition coefficient (Wildman–Crippen LogP) is 1.95. The number of aromatic amines is 1. The minimum Gasteiger partial charge on any atom is -0.326 e. The van der Waals surface area contributed by atoms with E-state index in [-0.39, 0.29) is 17.9 Å². The van der Waals surface area contributed by atoms with Crippen LogP contribution in [0.2, 0.25) is 0 Å². The number of benzene rings is 1. The first-order valence-corrected chi connectivity index (χ1v) is 5.31. The number of hydrogen-bond acceptors (Lipinski definition) is 2. The van der Waals surface area contributed by atoms with Gasteiger partial charge in [-0.3, -0.25) is 4.79 Å². The van der Waals surface area contributed by atoms with Crippen molar-refractivity contribution >= 4 is 0 Å². The molecular weight excluding hydrogens is 219 g/mol. The summed E-state index contributed by atoms with van der Waals surface area (Å²) in [6.45, 7) is 1.99. The van der Waals surface area contributed by atoms with Crippen molar-refractivity contribution in [1.29, 1.82) is 0 Å². The van der Waals surface area contributed by atoms with Crippen LogP contribution in [0.4, 0.5) is 4.39 Å². The van der Waals surface area contributed by atoms with Crippen LogP contribution < -0.4 is 11.3 Å². The molecule has 3 nitrogen and oxygen atoms in total. The molecule has 0 fully saturated rings. The van der Waals surface area contributed by atoms with Gasteiger partial charge in [-0.2, -0.15) is 0 Å². The molecule has 0 aliphatic carbocycles. The van der Waals surface area contributed by atoms with Crippen LogP contribution in [0.3, 0.4) is 0 Å². The highest BCUT2D eigenvalue weighted by molar-refractivity contribution is 5.63. The van der Waals surface area contributed by atoms with E-state index in [0.29, 0.717) is 16.8 Å². The van der Waals surface area contributed by atoms with Gasteiger partial charge in [-0.25, -0.2) is 4.39 Å². The van der Waals surface area contributed by atoms with Crippen molar-refractivity contribution in [2.75, 3.05) is 0 Å². The summed E-state index contributed by atoms with van der Waals surface area (Å²) in [6.07, 6.45) is 0. The smallest absolute Gasteiger partial charge is 0.252 e. The Balaban J connectivity index is 2.65. The van der Waals surface area contributed by atoms with Crippen LogP contribution in [0.5, 0.6) is 0 Å². The maximum atomic E-state index is 13.6. The van der Waals surface area contributed by atoms with Crippen LogP contribution in [0.1, 0.15) is 11.1 Å². The van der Waals surface area contributed by atoms with E-state index < -0.39 is 0 Å². The van der Waals surface area contributed by atoms with Gasteiger partial charge in [0.25, 0.3) is 5.56 Å². The Labute approximate surface area is 98.1 Å². The molecule has 1 aromatic heterocycles. The van der Waals surface area contributed by atoms with E-state index >= 15 is 0 Å². The average molecular weight is 232 g/mol. The third kappa shape index (κ3) is 2.12.